The molecule has 0 radical (unpaired) electrons. The van der Waals surface area contributed by atoms with Gasteiger partial charge in [-0.15, -0.1) is 0 Å². The molecule has 4 atom stereocenters. The molecule has 2 unspecified atom stereocenters. The third-order valence-electron chi connectivity index (χ3n) is 5.28. The van der Waals surface area contributed by atoms with Gasteiger partial charge < -0.3 is 10.2 Å². The van der Waals surface area contributed by atoms with Crippen LogP contribution >= 0.6 is 0 Å². The Morgan fingerprint density at radius 3 is 2.34 bits per heavy atom. The Labute approximate surface area is 176 Å². The fraction of sp³-hybridized carbons (Fsp3) is 0.435. The van der Waals surface area contributed by atoms with Gasteiger partial charge in [0.25, 0.3) is 0 Å². The second-order valence-electron chi connectivity index (χ2n) is 8.03. The van der Waals surface area contributed by atoms with Gasteiger partial charge in [0.15, 0.2) is 0 Å². The van der Waals surface area contributed by atoms with Crippen LogP contribution in [-0.2, 0) is 15.8 Å². The van der Waals surface area contributed by atoms with E-state index in [0.29, 0.717) is 6.54 Å². The van der Waals surface area contributed by atoms with Crippen molar-refractivity contribution < 1.29 is 9.00 Å². The predicted molar refractivity (Wildman–Crippen MR) is 118 cm³/mol. The van der Waals surface area contributed by atoms with Crippen LogP contribution < -0.4 is 5.32 Å². The van der Waals surface area contributed by atoms with Crippen LogP contribution in [0.2, 0.25) is 0 Å². The molecule has 1 amide bonds. The number of piperidine rings is 1. The van der Waals surface area contributed by atoms with E-state index < -0.39 is 11.0 Å². The molecule has 29 heavy (non-hydrogen) atoms. The second-order valence-corrected chi connectivity index (χ2v) is 9.47. The molecule has 2 aromatic rings. The Kier molecular flexibility index (Phi) is 7.58. The van der Waals surface area contributed by atoms with Gasteiger partial charge in [-0.1, -0.05) is 48.5 Å². The fourth-order valence-corrected chi connectivity index (χ4v) is 5.40. The van der Waals surface area contributed by atoms with Crippen molar-refractivity contribution in [3.63, 3.8) is 0 Å². The number of likely N-dealkylation sites (N-methyl/N-ethyl adjacent to an activating group) is 1. The number of carbonyl (C=O) groups is 1. The van der Waals surface area contributed by atoms with Crippen molar-refractivity contribution in [2.75, 3.05) is 27.2 Å². The molecule has 2 aromatic carbocycles. The number of carbonyl (C=O) groups excluding carboxylic acids is 1. The normalized spacial score (nSPS) is 22.2. The Morgan fingerprint density at radius 1 is 1.10 bits per heavy atom. The van der Waals surface area contributed by atoms with Crippen LogP contribution in [0, 0.1) is 5.92 Å². The maximum absolute atomic E-state index is 13.4. The van der Waals surface area contributed by atoms with Crippen LogP contribution in [-0.4, -0.2) is 52.5 Å². The number of nitrogens with one attached hydrogen (secondary N) is 1. The van der Waals surface area contributed by atoms with E-state index in [1.807, 2.05) is 73.9 Å². The molecule has 1 heterocycles. The lowest BCUT2D eigenvalue weighted by molar-refractivity contribution is -0.127. The van der Waals surface area contributed by atoms with E-state index in [-0.39, 0.29) is 23.9 Å². The van der Waals surface area contributed by atoms with E-state index in [1.165, 1.54) is 0 Å². The monoisotopic (exact) mass is 413 g/mol. The van der Waals surface area contributed by atoms with Crippen molar-refractivity contribution in [2.24, 2.45) is 5.92 Å². The molecule has 156 valence electrons. The van der Waals surface area contributed by atoms with E-state index >= 15 is 0 Å². The molecule has 3 rings (SSSR count). The fourth-order valence-electron chi connectivity index (χ4n) is 3.97. The minimum atomic E-state index is -1.31. The van der Waals surface area contributed by atoms with Crippen molar-refractivity contribution in [1.29, 1.82) is 0 Å². The van der Waals surface area contributed by atoms with E-state index in [2.05, 4.69) is 22.3 Å². The van der Waals surface area contributed by atoms with Gasteiger partial charge in [0.2, 0.25) is 5.91 Å². The first-order valence-electron chi connectivity index (χ1n) is 10.2. The Hall–Kier alpha value is -2.02. The van der Waals surface area contributed by atoms with E-state index in [1.54, 1.807) is 0 Å². The SMILES string of the molecule is CC(CN(C)C)NC(=O)[C@@H]1CC[C@H](c2ccccc2)N(S(=O)c2ccccc2)C1. The molecular formula is C23H31N3O2S. The third kappa shape index (κ3) is 5.75. The molecule has 0 aliphatic carbocycles. The van der Waals surface area contributed by atoms with Gasteiger partial charge in [-0.25, -0.2) is 8.51 Å². The standard InChI is InChI=1S/C23H31N3O2S/c1-18(16-25(2)3)24-23(27)20-14-15-22(19-10-6-4-7-11-19)26(17-20)29(28)21-12-8-5-9-13-21/h4-13,18,20,22H,14-17H2,1-3H3,(H,24,27)/t18?,20-,22-,29?/m1/s1. The molecule has 1 aliphatic heterocycles. The highest BCUT2D eigenvalue weighted by Gasteiger charge is 2.36. The van der Waals surface area contributed by atoms with Gasteiger partial charge in [-0.2, -0.15) is 0 Å². The highest BCUT2D eigenvalue weighted by atomic mass is 32.2. The molecular weight excluding hydrogens is 382 g/mol. The zero-order valence-corrected chi connectivity index (χ0v) is 18.3. The average Bonchev–Trinajstić information content (AvgIpc) is 2.73. The highest BCUT2D eigenvalue weighted by Crippen LogP contribution is 2.36. The molecule has 0 spiro atoms. The number of hydrogen-bond donors (Lipinski definition) is 1. The summed E-state index contributed by atoms with van der Waals surface area (Å²) in [4.78, 5) is 15.7. The van der Waals surface area contributed by atoms with E-state index in [4.69, 9.17) is 0 Å². The number of rotatable bonds is 7. The number of nitrogens with zero attached hydrogens (tertiary/aromatic N) is 2. The van der Waals surface area contributed by atoms with Gasteiger partial charge in [-0.3, -0.25) is 4.79 Å². The Morgan fingerprint density at radius 2 is 1.72 bits per heavy atom. The Balaban J connectivity index is 1.78. The minimum Gasteiger partial charge on any atom is -0.352 e. The van der Waals surface area contributed by atoms with Gasteiger partial charge in [0.1, 0.15) is 11.0 Å². The number of amides is 1. The predicted octanol–water partition coefficient (Wildman–Crippen LogP) is 3.23. The zero-order valence-electron chi connectivity index (χ0n) is 17.5. The molecule has 5 nitrogen and oxygen atoms in total. The third-order valence-corrected chi connectivity index (χ3v) is 6.78. The first kappa shape index (κ1) is 21.7. The van der Waals surface area contributed by atoms with Crippen LogP contribution in [0.25, 0.3) is 0 Å². The quantitative estimate of drug-likeness (QED) is 0.758. The van der Waals surface area contributed by atoms with Gasteiger partial charge in [0.05, 0.1) is 10.8 Å². The smallest absolute Gasteiger partial charge is 0.224 e. The summed E-state index contributed by atoms with van der Waals surface area (Å²) in [5.41, 5.74) is 1.15. The van der Waals surface area contributed by atoms with Crippen molar-refractivity contribution >= 4 is 16.9 Å². The highest BCUT2D eigenvalue weighted by molar-refractivity contribution is 7.82. The van der Waals surface area contributed by atoms with Crippen molar-refractivity contribution in [2.45, 2.75) is 36.7 Å². The van der Waals surface area contributed by atoms with Crippen LogP contribution in [0.15, 0.2) is 65.6 Å². The summed E-state index contributed by atoms with van der Waals surface area (Å²) in [5.74, 6) is -0.104. The largest absolute Gasteiger partial charge is 0.352 e. The van der Waals surface area contributed by atoms with Crippen LogP contribution in [0.4, 0.5) is 0 Å². The van der Waals surface area contributed by atoms with E-state index in [9.17, 15) is 9.00 Å². The molecule has 0 aromatic heterocycles. The van der Waals surface area contributed by atoms with Crippen molar-refractivity contribution in [3.05, 3.63) is 66.2 Å². The molecule has 1 saturated heterocycles. The lowest BCUT2D eigenvalue weighted by Crippen LogP contribution is -2.48. The maximum Gasteiger partial charge on any atom is 0.224 e. The molecule has 0 bridgehead atoms. The molecule has 0 saturated carbocycles. The maximum atomic E-state index is 13.4. The number of hydrogen-bond acceptors (Lipinski definition) is 3. The second kappa shape index (κ2) is 10.1. The Bertz CT molecular complexity index is 813. The lowest BCUT2D eigenvalue weighted by Gasteiger charge is -2.38. The van der Waals surface area contributed by atoms with Gasteiger partial charge in [0, 0.05) is 25.2 Å². The van der Waals surface area contributed by atoms with Crippen molar-refractivity contribution in [3.8, 4) is 0 Å². The summed E-state index contributed by atoms with van der Waals surface area (Å²) in [6, 6.07) is 19.8. The van der Waals surface area contributed by atoms with Gasteiger partial charge >= 0.3 is 0 Å². The first-order chi connectivity index (χ1) is 14.0. The topological polar surface area (TPSA) is 52.7 Å². The summed E-state index contributed by atoms with van der Waals surface area (Å²) in [7, 11) is 2.68. The van der Waals surface area contributed by atoms with Crippen molar-refractivity contribution in [1.82, 2.24) is 14.5 Å². The first-order valence-corrected chi connectivity index (χ1v) is 11.3. The van der Waals surface area contributed by atoms with Crippen LogP contribution in [0.3, 0.4) is 0 Å². The summed E-state index contributed by atoms with van der Waals surface area (Å²) in [6.45, 7) is 3.31. The van der Waals surface area contributed by atoms with E-state index in [0.717, 1.165) is 29.8 Å². The summed E-state index contributed by atoms with van der Waals surface area (Å²) in [6.07, 6.45) is 1.60. The minimum absolute atomic E-state index is 0.0421. The lowest BCUT2D eigenvalue weighted by atomic mass is 9.90. The molecule has 1 N–H and O–H groups in total. The molecule has 1 fully saturated rings. The summed E-state index contributed by atoms with van der Waals surface area (Å²) in [5, 5.41) is 3.13. The molecule has 6 heteroatoms. The van der Waals surface area contributed by atoms with Gasteiger partial charge in [-0.05, 0) is 51.6 Å². The van der Waals surface area contributed by atoms with Crippen LogP contribution in [0.5, 0.6) is 0 Å². The molecule has 1 aliphatic rings. The van der Waals surface area contributed by atoms with Crippen LogP contribution in [0.1, 0.15) is 31.4 Å². The zero-order chi connectivity index (χ0) is 20.8. The summed E-state index contributed by atoms with van der Waals surface area (Å²) < 4.78 is 15.4. The summed E-state index contributed by atoms with van der Waals surface area (Å²) >= 11 is 0. The number of benzene rings is 2. The average molecular weight is 414 g/mol.